The lowest BCUT2D eigenvalue weighted by molar-refractivity contribution is -0.116. The molecule has 0 radical (unpaired) electrons. The number of carbonyl (C=O) groups is 1. The minimum absolute atomic E-state index is 0.0920. The number of hydrogen-bond acceptors (Lipinski definition) is 3. The molecular formula is C12H13Cl2NO3S. The summed E-state index contributed by atoms with van der Waals surface area (Å²) in [6.45, 7) is 0. The summed E-state index contributed by atoms with van der Waals surface area (Å²) in [5, 5.41) is 3.52. The average molecular weight is 322 g/mol. The molecule has 4 nitrogen and oxygen atoms in total. The highest BCUT2D eigenvalue weighted by Gasteiger charge is 2.29. The molecule has 1 fully saturated rings. The Morgan fingerprint density at radius 1 is 1.37 bits per heavy atom. The van der Waals surface area contributed by atoms with Crippen LogP contribution in [0, 0.1) is 5.92 Å². The van der Waals surface area contributed by atoms with Gasteiger partial charge in [0, 0.05) is 11.4 Å². The quantitative estimate of drug-likeness (QED) is 0.931. The zero-order chi connectivity index (χ0) is 14.0. The van der Waals surface area contributed by atoms with Crippen molar-refractivity contribution >= 4 is 44.6 Å². The van der Waals surface area contributed by atoms with Gasteiger partial charge in [-0.25, -0.2) is 8.42 Å². The molecule has 1 aliphatic heterocycles. The van der Waals surface area contributed by atoms with Gasteiger partial charge in [-0.05, 0) is 30.5 Å². The van der Waals surface area contributed by atoms with Crippen LogP contribution in [-0.4, -0.2) is 25.8 Å². The van der Waals surface area contributed by atoms with Gasteiger partial charge in [0.2, 0.25) is 5.91 Å². The summed E-state index contributed by atoms with van der Waals surface area (Å²) in [5.74, 6) is -0.0658. The Balaban J connectivity index is 1.95. The molecule has 0 unspecified atom stereocenters. The van der Waals surface area contributed by atoms with Crippen molar-refractivity contribution in [2.24, 2.45) is 5.92 Å². The molecule has 7 heteroatoms. The monoisotopic (exact) mass is 321 g/mol. The Morgan fingerprint density at radius 3 is 2.68 bits per heavy atom. The van der Waals surface area contributed by atoms with Crippen LogP contribution in [0.5, 0.6) is 0 Å². The van der Waals surface area contributed by atoms with Crippen molar-refractivity contribution < 1.29 is 13.2 Å². The fraction of sp³-hybridized carbons (Fsp3) is 0.417. The molecule has 104 valence electrons. The van der Waals surface area contributed by atoms with Crippen molar-refractivity contribution in [3.8, 4) is 0 Å². The van der Waals surface area contributed by atoms with Gasteiger partial charge in [0.1, 0.15) is 0 Å². The van der Waals surface area contributed by atoms with E-state index in [1.54, 1.807) is 18.2 Å². The van der Waals surface area contributed by atoms with Gasteiger partial charge >= 0.3 is 0 Å². The molecule has 1 aliphatic rings. The smallest absolute Gasteiger partial charge is 0.224 e. The van der Waals surface area contributed by atoms with E-state index < -0.39 is 9.84 Å². The number of nitrogens with one attached hydrogen (secondary N) is 1. The summed E-state index contributed by atoms with van der Waals surface area (Å²) in [7, 11) is -2.95. The largest absolute Gasteiger partial charge is 0.325 e. The first-order valence-electron chi connectivity index (χ1n) is 5.81. The molecule has 0 spiro atoms. The van der Waals surface area contributed by atoms with E-state index in [-0.39, 0.29) is 29.8 Å². The third kappa shape index (κ3) is 4.09. The first-order valence-corrected chi connectivity index (χ1v) is 8.39. The SMILES string of the molecule is O=C(C[C@H]1CCS(=O)(=O)C1)Nc1ccc(Cl)cc1Cl. The van der Waals surface area contributed by atoms with E-state index in [2.05, 4.69) is 5.32 Å². The van der Waals surface area contributed by atoms with E-state index in [0.29, 0.717) is 22.2 Å². The van der Waals surface area contributed by atoms with Crippen LogP contribution < -0.4 is 5.32 Å². The normalized spacial score (nSPS) is 21.3. The van der Waals surface area contributed by atoms with Crippen LogP contribution in [0.4, 0.5) is 5.69 Å². The zero-order valence-electron chi connectivity index (χ0n) is 10.0. The molecule has 0 saturated carbocycles. The molecule has 19 heavy (non-hydrogen) atoms. The number of halogens is 2. The highest BCUT2D eigenvalue weighted by atomic mass is 35.5. The van der Waals surface area contributed by atoms with Crippen LogP contribution in [0.25, 0.3) is 0 Å². The van der Waals surface area contributed by atoms with Crippen LogP contribution in [0.2, 0.25) is 10.0 Å². The van der Waals surface area contributed by atoms with Gasteiger partial charge < -0.3 is 5.32 Å². The second kappa shape index (κ2) is 5.69. The summed E-state index contributed by atoms with van der Waals surface area (Å²) in [6, 6.07) is 4.79. The molecule has 2 rings (SSSR count). The Labute approximate surface area is 122 Å². The molecule has 1 heterocycles. The minimum atomic E-state index is -2.95. The highest BCUT2D eigenvalue weighted by Crippen LogP contribution is 2.27. The fourth-order valence-corrected chi connectivity index (χ4v) is 4.40. The summed E-state index contributed by atoms with van der Waals surface area (Å²) >= 11 is 11.7. The Morgan fingerprint density at radius 2 is 2.11 bits per heavy atom. The molecule has 1 aromatic carbocycles. The van der Waals surface area contributed by atoms with E-state index in [1.165, 1.54) is 0 Å². The van der Waals surface area contributed by atoms with E-state index in [1.807, 2.05) is 0 Å². The predicted molar refractivity (Wildman–Crippen MR) is 76.5 cm³/mol. The van der Waals surface area contributed by atoms with Gasteiger partial charge in [-0.3, -0.25) is 4.79 Å². The number of rotatable bonds is 3. The molecular weight excluding hydrogens is 309 g/mol. The van der Waals surface area contributed by atoms with Gasteiger partial charge in [0.15, 0.2) is 9.84 Å². The van der Waals surface area contributed by atoms with Gasteiger partial charge in [0.25, 0.3) is 0 Å². The van der Waals surface area contributed by atoms with E-state index >= 15 is 0 Å². The minimum Gasteiger partial charge on any atom is -0.325 e. The number of benzene rings is 1. The van der Waals surface area contributed by atoms with Crippen molar-refractivity contribution in [2.45, 2.75) is 12.8 Å². The van der Waals surface area contributed by atoms with Crippen molar-refractivity contribution in [2.75, 3.05) is 16.8 Å². The predicted octanol–water partition coefficient (Wildman–Crippen LogP) is 2.76. The maximum Gasteiger partial charge on any atom is 0.224 e. The van der Waals surface area contributed by atoms with Crippen LogP contribution in [0.3, 0.4) is 0 Å². The Hall–Kier alpha value is -0.780. The lowest BCUT2D eigenvalue weighted by Gasteiger charge is -2.10. The number of sulfone groups is 1. The molecule has 1 saturated heterocycles. The first-order chi connectivity index (χ1) is 8.85. The molecule has 1 atom stereocenters. The van der Waals surface area contributed by atoms with Gasteiger partial charge in [-0.15, -0.1) is 0 Å². The maximum absolute atomic E-state index is 11.8. The topological polar surface area (TPSA) is 63.2 Å². The van der Waals surface area contributed by atoms with Crippen molar-refractivity contribution in [3.05, 3.63) is 28.2 Å². The van der Waals surface area contributed by atoms with E-state index in [4.69, 9.17) is 23.2 Å². The van der Waals surface area contributed by atoms with Gasteiger partial charge in [-0.1, -0.05) is 23.2 Å². The standard InChI is InChI=1S/C12H13Cl2NO3S/c13-9-1-2-11(10(14)6-9)15-12(16)5-8-3-4-19(17,18)7-8/h1-2,6,8H,3-5,7H2,(H,15,16)/t8-/m1/s1. The molecule has 1 aromatic rings. The number of amides is 1. The Bertz CT molecular complexity index is 601. The third-order valence-electron chi connectivity index (χ3n) is 3.01. The average Bonchev–Trinajstić information content (AvgIpc) is 2.62. The van der Waals surface area contributed by atoms with Crippen molar-refractivity contribution in [3.63, 3.8) is 0 Å². The Kier molecular flexibility index (Phi) is 4.38. The van der Waals surface area contributed by atoms with Crippen LogP contribution in [-0.2, 0) is 14.6 Å². The number of anilines is 1. The molecule has 0 bridgehead atoms. The van der Waals surface area contributed by atoms with Crippen molar-refractivity contribution in [1.82, 2.24) is 0 Å². The summed E-state index contributed by atoms with van der Waals surface area (Å²) in [4.78, 5) is 11.8. The summed E-state index contributed by atoms with van der Waals surface area (Å²) in [5.41, 5.74) is 0.483. The molecule has 0 aliphatic carbocycles. The second-order valence-electron chi connectivity index (χ2n) is 4.65. The van der Waals surface area contributed by atoms with Gasteiger partial charge in [0.05, 0.1) is 22.2 Å². The third-order valence-corrected chi connectivity index (χ3v) is 5.39. The van der Waals surface area contributed by atoms with Crippen LogP contribution in [0.1, 0.15) is 12.8 Å². The van der Waals surface area contributed by atoms with Crippen molar-refractivity contribution in [1.29, 1.82) is 0 Å². The summed E-state index contributed by atoms with van der Waals surface area (Å²) in [6.07, 6.45) is 0.738. The lowest BCUT2D eigenvalue weighted by Crippen LogP contribution is -2.17. The number of hydrogen-bond donors (Lipinski definition) is 1. The second-order valence-corrected chi connectivity index (χ2v) is 7.72. The lowest BCUT2D eigenvalue weighted by atomic mass is 10.1. The van der Waals surface area contributed by atoms with Gasteiger partial charge in [-0.2, -0.15) is 0 Å². The summed E-state index contributed by atoms with van der Waals surface area (Å²) < 4.78 is 22.6. The molecule has 1 N–H and O–H groups in total. The fourth-order valence-electron chi connectivity index (χ4n) is 2.09. The highest BCUT2D eigenvalue weighted by molar-refractivity contribution is 7.91. The first kappa shape index (κ1) is 14.6. The zero-order valence-corrected chi connectivity index (χ0v) is 12.4. The van der Waals surface area contributed by atoms with Crippen LogP contribution in [0.15, 0.2) is 18.2 Å². The molecule has 1 amide bonds. The van der Waals surface area contributed by atoms with Crippen LogP contribution >= 0.6 is 23.2 Å². The van der Waals surface area contributed by atoms with E-state index in [9.17, 15) is 13.2 Å². The molecule has 0 aromatic heterocycles. The van der Waals surface area contributed by atoms with E-state index in [0.717, 1.165) is 0 Å². The maximum atomic E-state index is 11.8. The number of carbonyl (C=O) groups excluding carboxylic acids is 1.